The summed E-state index contributed by atoms with van der Waals surface area (Å²) >= 11 is 0.954. The van der Waals surface area contributed by atoms with Crippen molar-refractivity contribution >= 4 is 48.5 Å². The van der Waals surface area contributed by atoms with E-state index in [1.807, 2.05) is 21.1 Å². The Kier molecular flexibility index (Phi) is 14.1. The normalized spacial score (nSPS) is 21.4. The summed E-state index contributed by atoms with van der Waals surface area (Å²) in [6, 6.07) is 0. The fourth-order valence-corrected chi connectivity index (χ4v) is 5.49. The number of carbonyl (C=O) groups excluding carboxylic acids is 4. The molecule has 1 unspecified atom stereocenters. The van der Waals surface area contributed by atoms with E-state index in [1.54, 1.807) is 13.8 Å². The van der Waals surface area contributed by atoms with Crippen LogP contribution in [0.5, 0.6) is 0 Å². The van der Waals surface area contributed by atoms with E-state index in [9.17, 15) is 28.5 Å². The summed E-state index contributed by atoms with van der Waals surface area (Å²) in [6.45, 7) is 3.97. The number of amides is 2. The fraction of sp³-hybridized carbons (Fsp3) is 0.783. The van der Waals surface area contributed by atoms with Crippen LogP contribution in [0.25, 0.3) is 0 Å². The van der Waals surface area contributed by atoms with E-state index in [0.29, 0.717) is 11.0 Å². The van der Waals surface area contributed by atoms with Crippen molar-refractivity contribution in [2.24, 2.45) is 5.41 Å². The molecule has 1 aliphatic heterocycles. The minimum absolute atomic E-state index is 0.00389. The van der Waals surface area contributed by atoms with E-state index in [0.717, 1.165) is 18.9 Å². The molecule has 0 saturated carbocycles. The number of ether oxygens (including phenoxy) is 1. The number of esters is 1. The molecule has 16 heteroatoms. The van der Waals surface area contributed by atoms with Crippen molar-refractivity contribution in [2.75, 3.05) is 60.2 Å². The standard InChI is InChI=1S/C23H40N3O11PS/c1-23(2)15-35-38(33,34-6)37-21(23)22(32)25-10-9-17(27)24-11-12-39-20(31)8-7-19(30)36-16(13-18(28)29)14-26(3,4)5/h16,21H,7-15H2,1-6H3,(H2-,24,25,27,28,29,32)/p+1/t16-,21+,38?/m1/s1. The third-order valence-corrected chi connectivity index (χ3v) is 7.62. The Balaban J connectivity index is 2.27. The highest BCUT2D eigenvalue weighted by molar-refractivity contribution is 8.13. The van der Waals surface area contributed by atoms with Crippen molar-refractivity contribution in [3.8, 4) is 0 Å². The topological polar surface area (TPSA) is 184 Å². The molecule has 3 atom stereocenters. The summed E-state index contributed by atoms with van der Waals surface area (Å²) in [7, 11) is 2.90. The van der Waals surface area contributed by atoms with Gasteiger partial charge in [-0.25, -0.2) is 4.57 Å². The number of nitrogens with one attached hydrogen (secondary N) is 2. The van der Waals surface area contributed by atoms with Crippen LogP contribution in [0, 0.1) is 5.41 Å². The minimum Gasteiger partial charge on any atom is -0.481 e. The molecule has 0 aromatic rings. The maximum absolute atomic E-state index is 12.5. The quantitative estimate of drug-likeness (QED) is 0.0990. The van der Waals surface area contributed by atoms with Crippen molar-refractivity contribution in [3.05, 3.63) is 0 Å². The molecule has 1 fully saturated rings. The Hall–Kier alpha value is -2.03. The lowest BCUT2D eigenvalue weighted by Crippen LogP contribution is -2.50. The van der Waals surface area contributed by atoms with E-state index >= 15 is 0 Å². The smallest absolute Gasteiger partial charge is 0.475 e. The number of nitrogens with zero attached hydrogens (tertiary/aromatic N) is 1. The first-order chi connectivity index (χ1) is 18.0. The van der Waals surface area contributed by atoms with Gasteiger partial charge in [0.2, 0.25) is 11.8 Å². The summed E-state index contributed by atoms with van der Waals surface area (Å²) in [6.07, 6.45) is -2.45. The second-order valence-electron chi connectivity index (χ2n) is 10.7. The maximum atomic E-state index is 12.5. The van der Waals surface area contributed by atoms with Gasteiger partial charge in [0.15, 0.2) is 17.3 Å². The number of likely N-dealkylation sites (N-methyl/N-ethyl adjacent to an activating group) is 1. The monoisotopic (exact) mass is 598 g/mol. The van der Waals surface area contributed by atoms with Gasteiger partial charge in [-0.15, -0.1) is 0 Å². The van der Waals surface area contributed by atoms with Crippen molar-refractivity contribution in [3.63, 3.8) is 0 Å². The summed E-state index contributed by atoms with van der Waals surface area (Å²) < 4.78 is 32.9. The van der Waals surface area contributed by atoms with E-state index in [2.05, 4.69) is 10.6 Å². The van der Waals surface area contributed by atoms with Crippen molar-refractivity contribution in [1.82, 2.24) is 10.6 Å². The molecule has 39 heavy (non-hydrogen) atoms. The average Bonchev–Trinajstić information content (AvgIpc) is 2.80. The predicted octanol–water partition coefficient (Wildman–Crippen LogP) is 0.938. The van der Waals surface area contributed by atoms with Crippen LogP contribution < -0.4 is 10.6 Å². The van der Waals surface area contributed by atoms with Crippen LogP contribution in [0.1, 0.15) is 39.5 Å². The van der Waals surface area contributed by atoms with Gasteiger partial charge >= 0.3 is 19.8 Å². The molecule has 1 aliphatic rings. The summed E-state index contributed by atoms with van der Waals surface area (Å²) in [5.74, 6) is -2.32. The van der Waals surface area contributed by atoms with Gasteiger partial charge in [0.25, 0.3) is 0 Å². The molecule has 0 bridgehead atoms. The lowest BCUT2D eigenvalue weighted by Gasteiger charge is -2.39. The molecular weight excluding hydrogens is 557 g/mol. The lowest BCUT2D eigenvalue weighted by atomic mass is 9.87. The average molecular weight is 599 g/mol. The molecule has 224 valence electrons. The highest BCUT2D eigenvalue weighted by atomic mass is 32.2. The second-order valence-corrected chi connectivity index (χ2v) is 13.6. The first-order valence-electron chi connectivity index (χ1n) is 12.4. The first kappa shape index (κ1) is 35.0. The number of phosphoric acid groups is 1. The van der Waals surface area contributed by atoms with Crippen LogP contribution >= 0.6 is 19.6 Å². The summed E-state index contributed by atoms with van der Waals surface area (Å²) in [4.78, 5) is 59.7. The summed E-state index contributed by atoms with van der Waals surface area (Å²) in [5, 5.41) is 14.0. The number of hydrogen-bond acceptors (Lipinski definition) is 11. The molecule has 1 rings (SSSR count). The third-order valence-electron chi connectivity index (χ3n) is 5.32. The number of carboxylic acid groups (broad SMARTS) is 1. The highest BCUT2D eigenvalue weighted by Crippen LogP contribution is 2.56. The van der Waals surface area contributed by atoms with Crippen LogP contribution in [-0.2, 0) is 46.8 Å². The van der Waals surface area contributed by atoms with Crippen molar-refractivity contribution < 1.29 is 56.4 Å². The predicted molar refractivity (Wildman–Crippen MR) is 142 cm³/mol. The number of carboxylic acids is 1. The second kappa shape index (κ2) is 15.7. The van der Waals surface area contributed by atoms with E-state index in [4.69, 9.17) is 23.4 Å². The van der Waals surface area contributed by atoms with Gasteiger partial charge in [-0.3, -0.25) is 37.5 Å². The van der Waals surface area contributed by atoms with Gasteiger partial charge in [-0.2, -0.15) is 0 Å². The third kappa shape index (κ3) is 14.3. The number of rotatable bonds is 16. The van der Waals surface area contributed by atoms with Crippen LogP contribution in [-0.4, -0.2) is 111 Å². The van der Waals surface area contributed by atoms with Crippen LogP contribution in [0.2, 0.25) is 0 Å². The van der Waals surface area contributed by atoms with Gasteiger partial charge in [0.05, 0.1) is 40.6 Å². The largest absolute Gasteiger partial charge is 0.481 e. The van der Waals surface area contributed by atoms with Crippen molar-refractivity contribution in [1.29, 1.82) is 0 Å². The molecule has 0 aromatic carbocycles. The van der Waals surface area contributed by atoms with Gasteiger partial charge in [-0.1, -0.05) is 25.6 Å². The number of hydrogen-bond donors (Lipinski definition) is 3. The number of aliphatic carboxylic acids is 1. The highest BCUT2D eigenvalue weighted by Gasteiger charge is 2.48. The van der Waals surface area contributed by atoms with Crippen molar-refractivity contribution in [2.45, 2.75) is 51.7 Å². The molecule has 14 nitrogen and oxygen atoms in total. The van der Waals surface area contributed by atoms with Gasteiger partial charge < -0.3 is 25.0 Å². The lowest BCUT2D eigenvalue weighted by molar-refractivity contribution is -0.873. The molecule has 0 spiro atoms. The Morgan fingerprint density at radius 2 is 1.77 bits per heavy atom. The van der Waals surface area contributed by atoms with Crippen LogP contribution in [0.3, 0.4) is 0 Å². The first-order valence-corrected chi connectivity index (χ1v) is 14.8. The number of thioether (sulfide) groups is 1. The molecule has 1 saturated heterocycles. The summed E-state index contributed by atoms with van der Waals surface area (Å²) in [5.41, 5.74) is -0.759. The van der Waals surface area contributed by atoms with Gasteiger partial charge in [0.1, 0.15) is 6.54 Å². The van der Waals surface area contributed by atoms with Crippen LogP contribution in [0.15, 0.2) is 0 Å². The van der Waals surface area contributed by atoms with Crippen LogP contribution in [0.4, 0.5) is 0 Å². The van der Waals surface area contributed by atoms with Gasteiger partial charge in [-0.05, 0) is 0 Å². The Labute approximate surface area is 233 Å². The minimum atomic E-state index is -3.81. The SMILES string of the molecule is COP1(=O)OCC(C)(C)[C@H](C(=O)NCCC(=O)NCCSC(=O)CCC(=O)O[C@H](CC(=O)O)C[N+](C)(C)C)O1. The van der Waals surface area contributed by atoms with E-state index < -0.39 is 43.3 Å². The number of quaternary nitrogens is 1. The zero-order valence-corrected chi connectivity index (χ0v) is 25.1. The molecule has 3 N–H and O–H groups in total. The zero-order valence-electron chi connectivity index (χ0n) is 23.4. The molecule has 0 aliphatic carbocycles. The number of carbonyl (C=O) groups is 5. The Morgan fingerprint density at radius 3 is 2.36 bits per heavy atom. The Bertz CT molecular complexity index is 939. The molecule has 1 heterocycles. The molecule has 0 radical (unpaired) electrons. The number of phosphoric ester groups is 1. The van der Waals surface area contributed by atoms with E-state index in [-0.39, 0.29) is 62.2 Å². The molecule has 2 amide bonds. The van der Waals surface area contributed by atoms with Gasteiger partial charge in [0, 0.05) is 44.2 Å². The molecular formula is C23H41N3O11PS+. The van der Waals surface area contributed by atoms with E-state index in [1.165, 1.54) is 0 Å². The molecule has 0 aromatic heterocycles. The maximum Gasteiger partial charge on any atom is 0.475 e. The Morgan fingerprint density at radius 1 is 1.10 bits per heavy atom. The fourth-order valence-electron chi connectivity index (χ4n) is 3.43. The zero-order chi connectivity index (χ0) is 29.9.